The first-order valence-electron chi connectivity index (χ1n) is 6.96. The van der Waals surface area contributed by atoms with Gasteiger partial charge in [0.2, 0.25) is 3.57 Å². The summed E-state index contributed by atoms with van der Waals surface area (Å²) in [6, 6.07) is 12.6. The molecule has 168 valence electrons. The van der Waals surface area contributed by atoms with Gasteiger partial charge in [0.15, 0.2) is 19.4 Å². The third-order valence-corrected chi connectivity index (χ3v) is 7.13. The maximum Gasteiger partial charge on any atom is 0.534 e. The fourth-order valence-corrected chi connectivity index (χ4v) is 4.88. The summed E-state index contributed by atoms with van der Waals surface area (Å²) >= 11 is 4.92. The number of halogens is 8. The molecule has 6 nitrogen and oxygen atoms in total. The molecule has 0 saturated carbocycles. The Balaban J connectivity index is 0.000000479. The monoisotopic (exact) mass is 612 g/mol. The van der Waals surface area contributed by atoms with E-state index in [2.05, 4.69) is 4.18 Å². The summed E-state index contributed by atoms with van der Waals surface area (Å²) in [6.45, 7) is 0. The van der Waals surface area contributed by atoms with E-state index in [1.807, 2.05) is 0 Å². The summed E-state index contributed by atoms with van der Waals surface area (Å²) in [4.78, 5) is 0. The highest BCUT2D eigenvalue weighted by Crippen LogP contribution is 2.26. The third-order valence-electron chi connectivity index (χ3n) is 2.60. The molecule has 30 heavy (non-hydrogen) atoms. The minimum absolute atomic E-state index is 0.312. The molecule has 2 rings (SSSR count). The Hall–Kier alpha value is -1.30. The second-order valence-electron chi connectivity index (χ2n) is 4.85. The van der Waals surface area contributed by atoms with Gasteiger partial charge >= 0.3 is 42.3 Å². The number of benzene rings is 2. The molecule has 0 N–H and O–H groups in total. The zero-order valence-electron chi connectivity index (χ0n) is 13.9. The number of hydrogen-bond donors (Lipinski definition) is 0. The van der Waals surface area contributed by atoms with Crippen molar-refractivity contribution in [2.45, 2.75) is 11.0 Å². The summed E-state index contributed by atoms with van der Waals surface area (Å²) < 4.78 is 124. The molecule has 0 unspecified atom stereocenters. The lowest BCUT2D eigenvalue weighted by Gasteiger charge is -2.08. The van der Waals surface area contributed by atoms with Gasteiger partial charge in [-0.1, -0.05) is 29.8 Å². The minimum Gasteiger partial charge on any atom is -0.741 e. The first-order chi connectivity index (χ1) is 13.4. The second kappa shape index (κ2) is 9.88. The van der Waals surface area contributed by atoms with Crippen molar-refractivity contribution in [2.75, 3.05) is 0 Å². The normalized spacial score (nSPS) is 12.7. The topological polar surface area (TPSA) is 101 Å². The van der Waals surface area contributed by atoms with Gasteiger partial charge in [0.05, 0.1) is 0 Å². The van der Waals surface area contributed by atoms with Crippen LogP contribution in [0.3, 0.4) is 0 Å². The average molecular weight is 613 g/mol. The summed E-state index contributed by atoms with van der Waals surface area (Å²) in [5.74, 6) is -0.312. The van der Waals surface area contributed by atoms with Gasteiger partial charge in [-0.15, -0.1) is 0 Å². The quantitative estimate of drug-likeness (QED) is 0.166. The van der Waals surface area contributed by atoms with Gasteiger partial charge in [0.25, 0.3) is 0 Å². The Bertz CT molecular complexity index is 1090. The minimum atomic E-state index is -6.09. The predicted octanol–water partition coefficient (Wildman–Crippen LogP) is 0.748. The van der Waals surface area contributed by atoms with Crippen LogP contribution in [0, 0.1) is 7.14 Å². The maximum absolute atomic E-state index is 12.4. The van der Waals surface area contributed by atoms with Crippen molar-refractivity contribution in [3.63, 3.8) is 0 Å². The third kappa shape index (κ3) is 8.09. The molecule has 2 aromatic rings. The highest BCUT2D eigenvalue weighted by molar-refractivity contribution is 7.88. The first kappa shape index (κ1) is 26.7. The molecule has 0 aromatic heterocycles. The van der Waals surface area contributed by atoms with Crippen molar-refractivity contribution in [1.82, 2.24) is 0 Å². The highest BCUT2D eigenvalue weighted by atomic mass is 127. The van der Waals surface area contributed by atoms with Crippen LogP contribution in [0.2, 0.25) is 5.02 Å². The van der Waals surface area contributed by atoms with Crippen LogP contribution >= 0.6 is 11.6 Å². The molecule has 2 aromatic carbocycles. The number of hydrogen-bond acceptors (Lipinski definition) is 6. The van der Waals surface area contributed by atoms with E-state index in [1.165, 1.54) is 18.2 Å². The van der Waals surface area contributed by atoms with Crippen LogP contribution in [0.15, 0.2) is 48.5 Å². The number of alkyl halides is 6. The van der Waals surface area contributed by atoms with E-state index in [9.17, 15) is 34.8 Å². The molecule has 16 heteroatoms. The van der Waals surface area contributed by atoms with Gasteiger partial charge in [-0.2, -0.15) is 34.8 Å². The van der Waals surface area contributed by atoms with E-state index < -0.39 is 52.5 Å². The van der Waals surface area contributed by atoms with Crippen LogP contribution in [0.1, 0.15) is 0 Å². The molecule has 0 spiro atoms. The molecule has 0 aliphatic heterocycles. The van der Waals surface area contributed by atoms with Crippen LogP contribution in [-0.4, -0.2) is 32.4 Å². The smallest absolute Gasteiger partial charge is 0.534 e. The lowest BCUT2D eigenvalue weighted by atomic mass is 10.3. The van der Waals surface area contributed by atoms with E-state index in [-0.39, 0.29) is 5.75 Å². The predicted molar refractivity (Wildman–Crippen MR) is 86.6 cm³/mol. The maximum atomic E-state index is 12.4. The Kier molecular flexibility index (Phi) is 8.81. The summed E-state index contributed by atoms with van der Waals surface area (Å²) in [5.41, 5.74) is -11.1. The van der Waals surface area contributed by atoms with Crippen molar-refractivity contribution in [3.05, 3.63) is 60.7 Å². The Morgan fingerprint density at radius 1 is 0.867 bits per heavy atom. The second-order valence-corrected chi connectivity index (χ2v) is 11.1. The Morgan fingerprint density at radius 3 is 1.87 bits per heavy atom. The van der Waals surface area contributed by atoms with Crippen molar-refractivity contribution in [3.8, 4) is 5.75 Å². The van der Waals surface area contributed by atoms with Gasteiger partial charge in [-0.3, -0.25) is 0 Å². The zero-order chi connectivity index (χ0) is 23.4. The van der Waals surface area contributed by atoms with Crippen LogP contribution < -0.4 is 25.4 Å². The molecule has 0 bridgehead atoms. The summed E-state index contributed by atoms with van der Waals surface area (Å²) in [5, 5.41) is 0.499. The molecular formula is C14H8ClF6IO6S2. The number of para-hydroxylation sites is 1. The van der Waals surface area contributed by atoms with Gasteiger partial charge in [-0.25, -0.2) is 8.42 Å². The fraction of sp³-hybridized carbons (Fsp3) is 0.143. The van der Waals surface area contributed by atoms with E-state index >= 15 is 0 Å². The van der Waals surface area contributed by atoms with Crippen LogP contribution in [0.4, 0.5) is 26.3 Å². The van der Waals surface area contributed by atoms with E-state index in [0.717, 1.165) is 3.57 Å². The lowest BCUT2D eigenvalue weighted by molar-refractivity contribution is -0.597. The Morgan fingerprint density at radius 2 is 1.40 bits per heavy atom. The molecule has 0 fully saturated rings. The SMILES string of the molecule is O=S(=O)(Oc1ccccc1[I+]c1cccc(Cl)c1)C(F)(F)F.O=S(=O)([O-])C(F)(F)F. The largest absolute Gasteiger partial charge is 0.741 e. The molecule has 0 heterocycles. The van der Waals surface area contributed by atoms with Gasteiger partial charge in [-0.05, 0) is 24.3 Å². The average Bonchev–Trinajstić information content (AvgIpc) is 2.54. The first-order valence-corrected chi connectivity index (χ1v) is 12.3. The van der Waals surface area contributed by atoms with E-state index in [0.29, 0.717) is 8.59 Å². The Labute approximate surface area is 181 Å². The summed E-state index contributed by atoms with van der Waals surface area (Å²) in [6.07, 6.45) is 0. The van der Waals surface area contributed by atoms with E-state index in [1.54, 1.807) is 30.3 Å². The van der Waals surface area contributed by atoms with Gasteiger partial charge in [0, 0.05) is 11.1 Å². The molecule has 0 radical (unpaired) electrons. The fourth-order valence-electron chi connectivity index (χ4n) is 1.39. The molecule has 0 aliphatic rings. The van der Waals surface area contributed by atoms with Crippen molar-refractivity contribution in [2.24, 2.45) is 0 Å². The molecule has 0 saturated heterocycles. The van der Waals surface area contributed by atoms with Crippen LogP contribution in [0.5, 0.6) is 5.75 Å². The van der Waals surface area contributed by atoms with Crippen molar-refractivity contribution in [1.29, 1.82) is 0 Å². The molecule has 0 aliphatic carbocycles. The van der Waals surface area contributed by atoms with Crippen LogP contribution in [0.25, 0.3) is 0 Å². The van der Waals surface area contributed by atoms with Gasteiger partial charge < -0.3 is 8.74 Å². The molecule has 0 amide bonds. The van der Waals surface area contributed by atoms with Gasteiger partial charge in [0.1, 0.15) is 0 Å². The number of rotatable bonds is 4. The molecular weight excluding hydrogens is 605 g/mol. The standard InChI is InChI=1S/C13H8ClF3IO3S.CHF3O3S/c14-9-4-3-5-10(8-9)18-11-6-1-2-7-12(11)21-22(19,20)13(15,16)17;2-1(3,4)8(5,6)7/h1-8H;(H,5,6,7)/q+1;/p-1. The van der Waals surface area contributed by atoms with Crippen molar-refractivity contribution < 1.29 is 73.1 Å². The van der Waals surface area contributed by atoms with E-state index in [4.69, 9.17) is 24.6 Å². The lowest BCUT2D eigenvalue weighted by Crippen LogP contribution is -3.61. The van der Waals surface area contributed by atoms with Crippen molar-refractivity contribution >= 4 is 31.8 Å². The summed E-state index contributed by atoms with van der Waals surface area (Å²) in [7, 11) is -11.8. The molecule has 0 atom stereocenters. The highest BCUT2D eigenvalue weighted by Gasteiger charge is 2.49. The van der Waals surface area contributed by atoms with Crippen LogP contribution in [-0.2, 0) is 20.2 Å². The zero-order valence-corrected chi connectivity index (χ0v) is 18.5.